The summed E-state index contributed by atoms with van der Waals surface area (Å²) in [4.78, 5) is 0. The highest BCUT2D eigenvalue weighted by Gasteiger charge is 2.02. The summed E-state index contributed by atoms with van der Waals surface area (Å²) in [6, 6.07) is 4.17. The number of aryl methyl sites for hydroxylation is 3. The van der Waals surface area contributed by atoms with Crippen LogP contribution in [0.5, 0.6) is 5.75 Å². The second-order valence-electron chi connectivity index (χ2n) is 3.67. The number of hydrogen-bond acceptors (Lipinski definition) is 2. The molecule has 0 radical (unpaired) electrons. The summed E-state index contributed by atoms with van der Waals surface area (Å²) < 4.78 is 0. The lowest BCUT2D eigenvalue weighted by Crippen LogP contribution is -1.91. The summed E-state index contributed by atoms with van der Waals surface area (Å²) in [5, 5.41) is 9.60. The Hall–Kier alpha value is -0.630. The van der Waals surface area contributed by atoms with Crippen molar-refractivity contribution in [2.75, 3.05) is 12.0 Å². The molecule has 0 saturated carbocycles. The number of phenolic OH excluding ortho intramolecular Hbond substituents is 1. The molecule has 1 N–H and O–H groups in total. The Morgan fingerprint density at radius 1 is 1.21 bits per heavy atom. The van der Waals surface area contributed by atoms with Crippen molar-refractivity contribution in [2.24, 2.45) is 0 Å². The van der Waals surface area contributed by atoms with Gasteiger partial charge in [0.1, 0.15) is 5.75 Å². The molecule has 0 fully saturated rings. The molecule has 0 aliphatic carbocycles. The lowest BCUT2D eigenvalue weighted by atomic mass is 10.0. The van der Waals surface area contributed by atoms with Gasteiger partial charge in [-0.25, -0.2) is 0 Å². The van der Waals surface area contributed by atoms with Crippen LogP contribution >= 0.6 is 11.8 Å². The van der Waals surface area contributed by atoms with Gasteiger partial charge < -0.3 is 5.11 Å². The Kier molecular flexibility index (Phi) is 4.33. The maximum Gasteiger partial charge on any atom is 0.121 e. The first kappa shape index (κ1) is 11.4. The lowest BCUT2D eigenvalue weighted by molar-refractivity contribution is 0.466. The third-order valence-electron chi connectivity index (χ3n) is 2.36. The van der Waals surface area contributed by atoms with E-state index in [0.29, 0.717) is 5.75 Å². The monoisotopic (exact) mass is 210 g/mol. The zero-order chi connectivity index (χ0) is 10.6. The first-order valence-electron chi connectivity index (χ1n) is 4.93. The van der Waals surface area contributed by atoms with E-state index < -0.39 is 0 Å². The Balaban J connectivity index is 2.69. The zero-order valence-electron chi connectivity index (χ0n) is 9.13. The van der Waals surface area contributed by atoms with Gasteiger partial charge >= 0.3 is 0 Å². The predicted octanol–water partition coefficient (Wildman–Crippen LogP) is 3.30. The van der Waals surface area contributed by atoms with Crippen LogP contribution in [0.1, 0.15) is 23.1 Å². The molecule has 0 aromatic heterocycles. The van der Waals surface area contributed by atoms with Gasteiger partial charge in [0, 0.05) is 0 Å². The highest BCUT2D eigenvalue weighted by atomic mass is 32.2. The van der Waals surface area contributed by atoms with Gasteiger partial charge in [0.25, 0.3) is 0 Å². The van der Waals surface area contributed by atoms with Crippen LogP contribution in [0.3, 0.4) is 0 Å². The maximum atomic E-state index is 9.60. The summed E-state index contributed by atoms with van der Waals surface area (Å²) in [6.07, 6.45) is 4.46. The van der Waals surface area contributed by atoms with E-state index >= 15 is 0 Å². The predicted molar refractivity (Wildman–Crippen MR) is 64.3 cm³/mol. The fourth-order valence-corrected chi connectivity index (χ4v) is 2.04. The number of rotatable bonds is 4. The summed E-state index contributed by atoms with van der Waals surface area (Å²) >= 11 is 1.88. The molecule has 1 rings (SSSR count). The van der Waals surface area contributed by atoms with Crippen molar-refractivity contribution >= 4 is 11.8 Å². The van der Waals surface area contributed by atoms with E-state index in [0.717, 1.165) is 17.5 Å². The zero-order valence-corrected chi connectivity index (χ0v) is 9.95. The Labute approximate surface area is 90.5 Å². The Morgan fingerprint density at radius 2 is 1.79 bits per heavy atom. The molecule has 0 aliphatic rings. The smallest absolute Gasteiger partial charge is 0.121 e. The van der Waals surface area contributed by atoms with Crippen LogP contribution in [0.25, 0.3) is 0 Å². The third kappa shape index (κ3) is 2.95. The average Bonchev–Trinajstić information content (AvgIpc) is 2.14. The summed E-state index contributed by atoms with van der Waals surface area (Å²) in [5.41, 5.74) is 3.32. The number of benzene rings is 1. The minimum Gasteiger partial charge on any atom is -0.507 e. The van der Waals surface area contributed by atoms with E-state index in [4.69, 9.17) is 0 Å². The number of thioether (sulfide) groups is 1. The molecule has 0 heterocycles. The van der Waals surface area contributed by atoms with Crippen LogP contribution in [0.15, 0.2) is 12.1 Å². The van der Waals surface area contributed by atoms with E-state index in [1.165, 1.54) is 17.7 Å². The molecule has 0 spiro atoms. The van der Waals surface area contributed by atoms with E-state index in [2.05, 4.69) is 18.4 Å². The number of hydrogen-bond donors (Lipinski definition) is 1. The molecule has 0 amide bonds. The van der Waals surface area contributed by atoms with Gasteiger partial charge in [-0.05, 0) is 55.4 Å². The standard InChI is InChI=1S/C12H18OS/c1-9-7-11(5-4-6-14-3)8-10(2)12(9)13/h7-8,13H,4-6H2,1-3H3. The minimum absolute atomic E-state index is 0.443. The molecule has 0 atom stereocenters. The van der Waals surface area contributed by atoms with Crippen molar-refractivity contribution < 1.29 is 5.11 Å². The van der Waals surface area contributed by atoms with E-state index in [9.17, 15) is 5.11 Å². The van der Waals surface area contributed by atoms with Gasteiger partial charge in [-0.2, -0.15) is 11.8 Å². The third-order valence-corrected chi connectivity index (χ3v) is 3.06. The quantitative estimate of drug-likeness (QED) is 0.769. The molecule has 0 saturated heterocycles. The van der Waals surface area contributed by atoms with Crippen molar-refractivity contribution in [3.63, 3.8) is 0 Å². The van der Waals surface area contributed by atoms with Crippen molar-refractivity contribution in [2.45, 2.75) is 26.7 Å². The molecular formula is C12H18OS. The number of phenols is 1. The maximum absolute atomic E-state index is 9.60. The van der Waals surface area contributed by atoms with Crippen molar-refractivity contribution in [1.82, 2.24) is 0 Å². The van der Waals surface area contributed by atoms with Crippen LogP contribution < -0.4 is 0 Å². The molecule has 0 aliphatic heterocycles. The molecule has 0 bridgehead atoms. The molecule has 1 aromatic carbocycles. The normalized spacial score (nSPS) is 10.5. The second kappa shape index (κ2) is 5.30. The fourth-order valence-electron chi connectivity index (χ4n) is 1.61. The summed E-state index contributed by atoms with van der Waals surface area (Å²) in [7, 11) is 0. The molecule has 78 valence electrons. The summed E-state index contributed by atoms with van der Waals surface area (Å²) in [6.45, 7) is 3.92. The van der Waals surface area contributed by atoms with Gasteiger partial charge in [-0.15, -0.1) is 0 Å². The van der Waals surface area contributed by atoms with E-state index in [1.54, 1.807) is 0 Å². The van der Waals surface area contributed by atoms with Crippen LogP contribution in [-0.2, 0) is 6.42 Å². The summed E-state index contributed by atoms with van der Waals surface area (Å²) in [5.74, 6) is 1.65. The molecule has 1 nitrogen and oxygen atoms in total. The van der Waals surface area contributed by atoms with E-state index in [1.807, 2.05) is 25.6 Å². The molecule has 1 aromatic rings. The number of aromatic hydroxyl groups is 1. The van der Waals surface area contributed by atoms with E-state index in [-0.39, 0.29) is 0 Å². The van der Waals surface area contributed by atoms with Crippen molar-refractivity contribution in [1.29, 1.82) is 0 Å². The molecule has 14 heavy (non-hydrogen) atoms. The van der Waals surface area contributed by atoms with Gasteiger partial charge in [-0.1, -0.05) is 12.1 Å². The van der Waals surface area contributed by atoms with Crippen molar-refractivity contribution in [3.8, 4) is 5.75 Å². The first-order valence-corrected chi connectivity index (χ1v) is 6.32. The van der Waals surface area contributed by atoms with Gasteiger partial charge in [-0.3, -0.25) is 0 Å². The second-order valence-corrected chi connectivity index (χ2v) is 4.66. The molecule has 2 heteroatoms. The van der Waals surface area contributed by atoms with Crippen LogP contribution in [-0.4, -0.2) is 17.1 Å². The Morgan fingerprint density at radius 3 is 2.29 bits per heavy atom. The largest absolute Gasteiger partial charge is 0.507 e. The van der Waals surface area contributed by atoms with Gasteiger partial charge in [0.15, 0.2) is 0 Å². The lowest BCUT2D eigenvalue weighted by Gasteiger charge is -2.07. The van der Waals surface area contributed by atoms with Crippen molar-refractivity contribution in [3.05, 3.63) is 28.8 Å². The Bertz CT molecular complexity index is 284. The van der Waals surface area contributed by atoms with Crippen LogP contribution in [0.2, 0.25) is 0 Å². The van der Waals surface area contributed by atoms with Crippen LogP contribution in [0, 0.1) is 13.8 Å². The molecule has 0 unspecified atom stereocenters. The highest BCUT2D eigenvalue weighted by Crippen LogP contribution is 2.23. The van der Waals surface area contributed by atoms with Crippen LogP contribution in [0.4, 0.5) is 0 Å². The topological polar surface area (TPSA) is 20.2 Å². The fraction of sp³-hybridized carbons (Fsp3) is 0.500. The van der Waals surface area contributed by atoms with Gasteiger partial charge in [0.2, 0.25) is 0 Å². The molecular weight excluding hydrogens is 192 g/mol. The highest BCUT2D eigenvalue weighted by molar-refractivity contribution is 7.98. The minimum atomic E-state index is 0.443. The average molecular weight is 210 g/mol. The first-order chi connectivity index (χ1) is 6.65. The van der Waals surface area contributed by atoms with Gasteiger partial charge in [0.05, 0.1) is 0 Å². The SMILES string of the molecule is CSCCCc1cc(C)c(O)c(C)c1.